The normalized spacial score (nSPS) is 11.6. The average molecular weight is 536 g/mol. The number of hydrogen-bond acceptors (Lipinski definition) is 6. The second kappa shape index (κ2) is 16.3. The summed E-state index contributed by atoms with van der Waals surface area (Å²) in [6.45, 7) is 4.02. The van der Waals surface area contributed by atoms with Crippen LogP contribution in [-0.2, 0) is 14.6 Å². The predicted octanol–water partition coefficient (Wildman–Crippen LogP) is 6.48. The number of ether oxygens (including phenoxy) is 1. The van der Waals surface area contributed by atoms with Crippen LogP contribution in [0.4, 0.5) is 10.6 Å². The Morgan fingerprint density at radius 3 is 1.78 bits per heavy atom. The third kappa shape index (κ3) is 10.0. The topological polar surface area (TPSA) is 113 Å². The van der Waals surface area contributed by atoms with Crippen molar-refractivity contribution in [2.24, 2.45) is 0 Å². The van der Waals surface area contributed by atoms with Crippen molar-refractivity contribution in [2.75, 3.05) is 18.1 Å². The van der Waals surface area contributed by atoms with Crippen LogP contribution < -0.4 is 11.3 Å². The number of nitrogens with zero attached hydrogens (tertiary/aromatic N) is 2. The summed E-state index contributed by atoms with van der Waals surface area (Å²) in [5.74, 6) is 0.0363. The SMILES string of the molecule is CCCCCCCCCCCCCCCCS(=O)(=O)c1ccc(-n2c(=O)cc(N)n2C(=O)OCC)cc1. The molecule has 9 heteroatoms. The van der Waals surface area contributed by atoms with E-state index in [1.807, 2.05) is 0 Å². The van der Waals surface area contributed by atoms with E-state index in [4.69, 9.17) is 10.5 Å². The molecule has 0 atom stereocenters. The average Bonchev–Trinajstić information content (AvgIpc) is 3.18. The molecule has 0 aliphatic carbocycles. The lowest BCUT2D eigenvalue weighted by atomic mass is 10.0. The quantitative estimate of drug-likeness (QED) is 0.219. The van der Waals surface area contributed by atoms with Gasteiger partial charge in [0.2, 0.25) is 0 Å². The fourth-order valence-corrected chi connectivity index (χ4v) is 5.85. The van der Waals surface area contributed by atoms with Crippen molar-refractivity contribution in [3.05, 3.63) is 40.7 Å². The fraction of sp³-hybridized carbons (Fsp3) is 0.643. The highest BCUT2D eigenvalue weighted by atomic mass is 32.2. The van der Waals surface area contributed by atoms with Gasteiger partial charge in [0.25, 0.3) is 5.56 Å². The maximum Gasteiger partial charge on any atom is 0.435 e. The number of nitrogens with two attached hydrogens (primary N) is 1. The number of aromatic nitrogens is 2. The molecule has 0 saturated carbocycles. The van der Waals surface area contributed by atoms with Crippen LogP contribution >= 0.6 is 0 Å². The van der Waals surface area contributed by atoms with Gasteiger partial charge in [0.15, 0.2) is 9.84 Å². The van der Waals surface area contributed by atoms with Crippen molar-refractivity contribution in [1.29, 1.82) is 0 Å². The monoisotopic (exact) mass is 535 g/mol. The van der Waals surface area contributed by atoms with Gasteiger partial charge in [-0.1, -0.05) is 90.4 Å². The summed E-state index contributed by atoms with van der Waals surface area (Å²) < 4.78 is 32.5. The molecule has 0 bridgehead atoms. The van der Waals surface area contributed by atoms with E-state index in [0.29, 0.717) is 12.1 Å². The molecule has 0 spiro atoms. The number of benzene rings is 1. The molecule has 0 saturated heterocycles. The Balaban J connectivity index is 1.73. The van der Waals surface area contributed by atoms with Crippen molar-refractivity contribution in [3.63, 3.8) is 0 Å². The van der Waals surface area contributed by atoms with Gasteiger partial charge in [-0.2, -0.15) is 4.68 Å². The van der Waals surface area contributed by atoms with Crippen LogP contribution in [0.2, 0.25) is 0 Å². The largest absolute Gasteiger partial charge is 0.448 e. The molecule has 0 amide bonds. The smallest absolute Gasteiger partial charge is 0.435 e. The number of sulfone groups is 1. The van der Waals surface area contributed by atoms with E-state index in [1.54, 1.807) is 6.92 Å². The van der Waals surface area contributed by atoms with Gasteiger partial charge < -0.3 is 10.5 Å². The highest BCUT2D eigenvalue weighted by molar-refractivity contribution is 7.91. The molecule has 1 aromatic carbocycles. The van der Waals surface area contributed by atoms with Gasteiger partial charge in [-0.25, -0.2) is 17.9 Å². The lowest BCUT2D eigenvalue weighted by Crippen LogP contribution is -2.27. The number of carbonyl (C=O) groups is 1. The standard InChI is InChI=1S/C28H45N3O5S/c1-3-5-6-7-8-9-10-11-12-13-14-15-16-17-22-37(34,35)25-20-18-24(19-21-25)30-27(32)23-26(29)31(30)28(33)36-4-2/h18-21,23H,3-17,22,29H2,1-2H3. The van der Waals surface area contributed by atoms with Crippen molar-refractivity contribution in [1.82, 2.24) is 9.36 Å². The highest BCUT2D eigenvalue weighted by Gasteiger charge is 2.19. The first-order valence-corrected chi connectivity index (χ1v) is 15.6. The molecule has 1 heterocycles. The first kappa shape index (κ1) is 30.7. The molecule has 0 fully saturated rings. The Labute approximate surface area is 222 Å². The third-order valence-electron chi connectivity index (χ3n) is 6.57. The third-order valence-corrected chi connectivity index (χ3v) is 8.39. The second-order valence-corrected chi connectivity index (χ2v) is 11.7. The summed E-state index contributed by atoms with van der Waals surface area (Å²) in [5, 5.41) is 0. The lowest BCUT2D eigenvalue weighted by molar-refractivity contribution is 0.149. The zero-order chi connectivity index (χ0) is 27.1. The van der Waals surface area contributed by atoms with E-state index < -0.39 is 21.5 Å². The second-order valence-electron chi connectivity index (χ2n) is 9.64. The van der Waals surface area contributed by atoms with Crippen LogP contribution in [0.5, 0.6) is 0 Å². The van der Waals surface area contributed by atoms with Gasteiger partial charge in [0.05, 0.1) is 22.9 Å². The summed E-state index contributed by atoms with van der Waals surface area (Å²) in [4.78, 5) is 24.8. The van der Waals surface area contributed by atoms with E-state index in [9.17, 15) is 18.0 Å². The minimum absolute atomic E-state index is 0.0575. The van der Waals surface area contributed by atoms with Gasteiger partial charge in [-0.05, 0) is 37.6 Å². The molecular formula is C28H45N3O5S. The van der Waals surface area contributed by atoms with Crippen LogP contribution in [-0.4, -0.2) is 36.2 Å². The summed E-state index contributed by atoms with van der Waals surface area (Å²) in [6.07, 6.45) is 16.2. The maximum atomic E-state index is 12.8. The molecule has 0 aliphatic heterocycles. The molecule has 0 aliphatic rings. The molecule has 2 aromatic rings. The number of unbranched alkanes of at least 4 members (excludes halogenated alkanes) is 13. The van der Waals surface area contributed by atoms with Gasteiger partial charge in [-0.15, -0.1) is 0 Å². The number of carbonyl (C=O) groups excluding carboxylic acids is 1. The number of nitrogen functional groups attached to an aromatic ring is 1. The Bertz CT molecular complexity index is 1100. The summed E-state index contributed by atoms with van der Waals surface area (Å²) in [7, 11) is -3.43. The van der Waals surface area contributed by atoms with E-state index in [1.165, 1.54) is 88.5 Å². The van der Waals surface area contributed by atoms with Crippen LogP contribution in [0, 0.1) is 0 Å². The molecule has 2 rings (SSSR count). The maximum absolute atomic E-state index is 12.8. The van der Waals surface area contributed by atoms with Crippen LogP contribution in [0.3, 0.4) is 0 Å². The number of hydrogen-bond donors (Lipinski definition) is 1. The Morgan fingerprint density at radius 1 is 0.811 bits per heavy atom. The van der Waals surface area contributed by atoms with Gasteiger partial charge in [0.1, 0.15) is 5.82 Å². The van der Waals surface area contributed by atoms with Crippen LogP contribution in [0.15, 0.2) is 40.0 Å². The zero-order valence-corrected chi connectivity index (χ0v) is 23.4. The summed E-state index contributed by atoms with van der Waals surface area (Å²) >= 11 is 0. The Hall–Kier alpha value is -2.55. The van der Waals surface area contributed by atoms with Gasteiger partial charge >= 0.3 is 6.09 Å². The first-order chi connectivity index (χ1) is 17.8. The van der Waals surface area contributed by atoms with Gasteiger partial charge in [0, 0.05) is 6.07 Å². The van der Waals surface area contributed by atoms with Crippen LogP contribution in [0.1, 0.15) is 104 Å². The first-order valence-electron chi connectivity index (χ1n) is 13.9. The Morgan fingerprint density at radius 2 is 1.30 bits per heavy atom. The number of anilines is 1. The lowest BCUT2D eigenvalue weighted by Gasteiger charge is -2.12. The predicted molar refractivity (Wildman–Crippen MR) is 149 cm³/mol. The molecule has 0 unspecified atom stereocenters. The molecule has 37 heavy (non-hydrogen) atoms. The van der Waals surface area contributed by atoms with Crippen LogP contribution in [0.25, 0.3) is 5.69 Å². The molecule has 0 radical (unpaired) electrons. The molecule has 1 aromatic heterocycles. The van der Waals surface area contributed by atoms with Gasteiger partial charge in [-0.3, -0.25) is 4.79 Å². The fourth-order valence-electron chi connectivity index (χ4n) is 4.48. The molecule has 2 N–H and O–H groups in total. The van der Waals surface area contributed by atoms with E-state index in [0.717, 1.165) is 34.7 Å². The zero-order valence-electron chi connectivity index (χ0n) is 22.6. The minimum atomic E-state index is -3.43. The van der Waals surface area contributed by atoms with E-state index in [-0.39, 0.29) is 23.1 Å². The Kier molecular flexibility index (Phi) is 13.5. The van der Waals surface area contributed by atoms with Crippen molar-refractivity contribution in [2.45, 2.75) is 109 Å². The summed E-state index contributed by atoms with van der Waals surface area (Å²) in [5.41, 5.74) is 5.61. The van der Waals surface area contributed by atoms with Crippen molar-refractivity contribution < 1.29 is 17.9 Å². The van der Waals surface area contributed by atoms with E-state index in [2.05, 4.69) is 6.92 Å². The summed E-state index contributed by atoms with van der Waals surface area (Å²) in [6, 6.07) is 7.03. The van der Waals surface area contributed by atoms with Crippen molar-refractivity contribution >= 4 is 21.7 Å². The minimum Gasteiger partial charge on any atom is -0.448 e. The highest BCUT2D eigenvalue weighted by Crippen LogP contribution is 2.18. The van der Waals surface area contributed by atoms with E-state index >= 15 is 0 Å². The van der Waals surface area contributed by atoms with Crippen molar-refractivity contribution in [3.8, 4) is 5.69 Å². The molecular weight excluding hydrogens is 490 g/mol. The molecule has 208 valence electrons. The number of rotatable bonds is 18. The molecule has 8 nitrogen and oxygen atoms in total.